The maximum atomic E-state index is 13.3. The van der Waals surface area contributed by atoms with Crippen LogP contribution in [0.4, 0.5) is 0 Å². The molecule has 0 amide bonds. The van der Waals surface area contributed by atoms with Crippen molar-refractivity contribution in [1.29, 1.82) is 0 Å². The van der Waals surface area contributed by atoms with Crippen molar-refractivity contribution in [2.45, 2.75) is 0 Å². The fourth-order valence-electron chi connectivity index (χ4n) is 2.74. The lowest BCUT2D eigenvalue weighted by Crippen LogP contribution is -2.22. The Labute approximate surface area is 167 Å². The van der Waals surface area contributed by atoms with Gasteiger partial charge in [-0.05, 0) is 48.5 Å². The van der Waals surface area contributed by atoms with Gasteiger partial charge in [-0.2, -0.15) is 0 Å². The van der Waals surface area contributed by atoms with Gasteiger partial charge in [0, 0.05) is 27.5 Å². The molecule has 0 aliphatic heterocycles. The molecule has 0 aliphatic rings. The summed E-state index contributed by atoms with van der Waals surface area (Å²) >= 11 is 15.8. The number of nitrogens with zero attached hydrogens (tertiary/aromatic N) is 3. The molecule has 4 rings (SSSR count). The van der Waals surface area contributed by atoms with Gasteiger partial charge in [-0.15, -0.1) is 0 Å². The van der Waals surface area contributed by atoms with Crippen LogP contribution in [-0.4, -0.2) is 14.5 Å². The Kier molecular flexibility index (Phi) is 4.53. The van der Waals surface area contributed by atoms with Gasteiger partial charge in [-0.3, -0.25) is 14.3 Å². The van der Waals surface area contributed by atoms with Gasteiger partial charge in [-0.25, -0.2) is 4.98 Å². The molecule has 128 valence electrons. The molecule has 0 bridgehead atoms. The van der Waals surface area contributed by atoms with Crippen LogP contribution in [0.25, 0.3) is 28.0 Å². The van der Waals surface area contributed by atoms with E-state index in [1.165, 1.54) is 0 Å². The topological polar surface area (TPSA) is 47.8 Å². The lowest BCUT2D eigenvalue weighted by molar-refractivity contribution is 0.974. The lowest BCUT2D eigenvalue weighted by Gasteiger charge is -2.14. The number of aromatic nitrogens is 3. The fraction of sp³-hybridized carbons (Fsp3) is 0. The summed E-state index contributed by atoms with van der Waals surface area (Å²) in [6.07, 6.45) is 3.31. The van der Waals surface area contributed by atoms with E-state index in [-0.39, 0.29) is 5.56 Å². The minimum Gasteiger partial charge on any atom is -0.268 e. The number of rotatable bonds is 2. The van der Waals surface area contributed by atoms with Crippen molar-refractivity contribution in [2.75, 3.05) is 0 Å². The number of fused-ring (bicyclic) bond motifs is 1. The average Bonchev–Trinajstić information content (AvgIpc) is 2.64. The predicted octanol–water partition coefficient (Wildman–Crippen LogP) is 5.52. The molecular formula is C19H10BrCl2N3O. The smallest absolute Gasteiger partial charge is 0.266 e. The minimum absolute atomic E-state index is 0.242. The number of pyridine rings is 1. The fourth-order valence-corrected chi connectivity index (χ4v) is 3.54. The molecule has 7 heteroatoms. The van der Waals surface area contributed by atoms with Gasteiger partial charge in [-0.1, -0.05) is 39.1 Å². The molecule has 0 saturated heterocycles. The highest BCUT2D eigenvalue weighted by Gasteiger charge is 2.16. The second kappa shape index (κ2) is 6.83. The Morgan fingerprint density at radius 3 is 2.35 bits per heavy atom. The van der Waals surface area contributed by atoms with Crippen LogP contribution < -0.4 is 5.56 Å². The standard InChI is InChI=1S/C19H10BrCl2N3O/c20-12-1-3-14(4-2-12)25-18(11-5-7-23-8-6-11)24-17-15(19(25)26)9-13(21)10-16(17)22/h1-10H. The van der Waals surface area contributed by atoms with Crippen LogP contribution in [0.2, 0.25) is 10.0 Å². The molecule has 0 N–H and O–H groups in total. The number of halogens is 3. The van der Waals surface area contributed by atoms with Crippen LogP contribution in [0.1, 0.15) is 0 Å². The molecule has 2 aromatic carbocycles. The Morgan fingerprint density at radius 1 is 0.962 bits per heavy atom. The summed E-state index contributed by atoms with van der Waals surface area (Å²) in [5.74, 6) is 0.483. The first-order valence-corrected chi connectivity index (χ1v) is 9.17. The molecule has 4 nitrogen and oxygen atoms in total. The number of hydrogen-bond acceptors (Lipinski definition) is 3. The van der Waals surface area contributed by atoms with Crippen LogP contribution in [0.15, 0.2) is 70.2 Å². The van der Waals surface area contributed by atoms with Gasteiger partial charge in [0.25, 0.3) is 5.56 Å². The predicted molar refractivity (Wildman–Crippen MR) is 108 cm³/mol. The third-order valence-corrected chi connectivity index (χ3v) is 4.95. The quantitative estimate of drug-likeness (QED) is 0.407. The zero-order valence-electron chi connectivity index (χ0n) is 13.2. The highest BCUT2D eigenvalue weighted by Crippen LogP contribution is 2.28. The molecule has 2 aromatic heterocycles. The summed E-state index contributed by atoms with van der Waals surface area (Å²) in [6.45, 7) is 0. The Morgan fingerprint density at radius 2 is 1.65 bits per heavy atom. The zero-order valence-corrected chi connectivity index (χ0v) is 16.3. The van der Waals surface area contributed by atoms with Crippen molar-refractivity contribution in [3.05, 3.63) is 85.8 Å². The van der Waals surface area contributed by atoms with E-state index in [1.807, 2.05) is 24.3 Å². The van der Waals surface area contributed by atoms with Gasteiger partial charge in [0.15, 0.2) is 0 Å². The Hall–Kier alpha value is -2.21. The van der Waals surface area contributed by atoms with Gasteiger partial charge in [0.2, 0.25) is 0 Å². The van der Waals surface area contributed by atoms with Gasteiger partial charge in [0.05, 0.1) is 21.6 Å². The van der Waals surface area contributed by atoms with Crippen molar-refractivity contribution >= 4 is 50.0 Å². The summed E-state index contributed by atoms with van der Waals surface area (Å²) in [4.78, 5) is 22.0. The van der Waals surface area contributed by atoms with Crippen molar-refractivity contribution in [1.82, 2.24) is 14.5 Å². The van der Waals surface area contributed by atoms with E-state index in [1.54, 1.807) is 41.2 Å². The summed E-state index contributed by atoms with van der Waals surface area (Å²) in [5, 5.41) is 1.09. The normalized spacial score (nSPS) is 11.0. The first-order chi connectivity index (χ1) is 12.5. The molecule has 4 aromatic rings. The van der Waals surface area contributed by atoms with Crippen molar-refractivity contribution < 1.29 is 0 Å². The van der Waals surface area contributed by atoms with Crippen molar-refractivity contribution in [3.8, 4) is 17.1 Å². The van der Waals surface area contributed by atoms with E-state index >= 15 is 0 Å². The number of hydrogen-bond donors (Lipinski definition) is 0. The van der Waals surface area contributed by atoms with Crippen LogP contribution in [0, 0.1) is 0 Å². The van der Waals surface area contributed by atoms with Crippen LogP contribution in [0.3, 0.4) is 0 Å². The molecule has 0 aliphatic carbocycles. The Balaban J connectivity index is 2.15. The largest absolute Gasteiger partial charge is 0.268 e. The summed E-state index contributed by atoms with van der Waals surface area (Å²) < 4.78 is 2.47. The molecule has 0 atom stereocenters. The third-order valence-electron chi connectivity index (χ3n) is 3.91. The van der Waals surface area contributed by atoms with E-state index in [0.29, 0.717) is 32.5 Å². The van der Waals surface area contributed by atoms with Gasteiger partial charge in [0.1, 0.15) is 5.82 Å². The molecule has 0 spiro atoms. The second-order valence-electron chi connectivity index (χ2n) is 5.57. The molecule has 0 fully saturated rings. The molecular weight excluding hydrogens is 437 g/mol. The van der Waals surface area contributed by atoms with Gasteiger partial charge < -0.3 is 0 Å². The lowest BCUT2D eigenvalue weighted by atomic mass is 10.2. The minimum atomic E-state index is -0.242. The summed E-state index contributed by atoms with van der Waals surface area (Å²) in [6, 6.07) is 14.2. The molecule has 2 heterocycles. The van der Waals surface area contributed by atoms with Crippen molar-refractivity contribution in [3.63, 3.8) is 0 Å². The average molecular weight is 447 g/mol. The molecule has 0 unspecified atom stereocenters. The maximum Gasteiger partial charge on any atom is 0.266 e. The monoisotopic (exact) mass is 445 g/mol. The third kappa shape index (κ3) is 3.03. The Bertz CT molecular complexity index is 1180. The van der Waals surface area contributed by atoms with E-state index in [9.17, 15) is 4.79 Å². The van der Waals surface area contributed by atoms with Crippen molar-refractivity contribution in [2.24, 2.45) is 0 Å². The first kappa shape index (κ1) is 17.2. The first-order valence-electron chi connectivity index (χ1n) is 7.63. The van der Waals surface area contributed by atoms with Crippen LogP contribution in [0.5, 0.6) is 0 Å². The highest BCUT2D eigenvalue weighted by molar-refractivity contribution is 9.10. The highest BCUT2D eigenvalue weighted by atomic mass is 79.9. The SMILES string of the molecule is O=c1c2cc(Cl)cc(Cl)c2nc(-c2ccncc2)n1-c1ccc(Br)cc1. The van der Waals surface area contributed by atoms with Crippen LogP contribution in [-0.2, 0) is 0 Å². The molecule has 26 heavy (non-hydrogen) atoms. The summed E-state index contributed by atoms with van der Waals surface area (Å²) in [5.41, 5.74) is 1.62. The van der Waals surface area contributed by atoms with E-state index in [0.717, 1.165) is 10.0 Å². The maximum absolute atomic E-state index is 13.3. The number of benzene rings is 2. The van der Waals surface area contributed by atoms with Crippen LogP contribution >= 0.6 is 39.1 Å². The van der Waals surface area contributed by atoms with E-state index in [4.69, 9.17) is 23.2 Å². The van der Waals surface area contributed by atoms with Gasteiger partial charge >= 0.3 is 0 Å². The van der Waals surface area contributed by atoms with E-state index in [2.05, 4.69) is 25.9 Å². The molecule has 0 saturated carbocycles. The molecule has 0 radical (unpaired) electrons. The second-order valence-corrected chi connectivity index (χ2v) is 7.33. The van der Waals surface area contributed by atoms with E-state index < -0.39 is 0 Å². The summed E-state index contributed by atoms with van der Waals surface area (Å²) in [7, 11) is 0. The zero-order chi connectivity index (χ0) is 18.3.